The Kier molecular flexibility index (Phi) is 6.27. The van der Waals surface area contributed by atoms with Crippen LogP contribution in [0.5, 0.6) is 0 Å². The second-order valence-electron chi connectivity index (χ2n) is 4.94. The quantitative estimate of drug-likeness (QED) is 0.644. The zero-order valence-electron chi connectivity index (χ0n) is 11.9. The van der Waals surface area contributed by atoms with Crippen LogP contribution in [-0.2, 0) is 14.3 Å². The number of aliphatic carboxylic acids is 1. The number of esters is 1. The highest BCUT2D eigenvalue weighted by Gasteiger charge is 2.28. The third kappa shape index (κ3) is 5.46. The van der Waals surface area contributed by atoms with E-state index in [0.717, 1.165) is 12.8 Å². The van der Waals surface area contributed by atoms with E-state index in [9.17, 15) is 14.4 Å². The van der Waals surface area contributed by atoms with Gasteiger partial charge in [0.05, 0.1) is 7.11 Å². The summed E-state index contributed by atoms with van der Waals surface area (Å²) < 4.78 is 4.46. The average Bonchev–Trinajstić information content (AvgIpc) is 3.23. The van der Waals surface area contributed by atoms with Gasteiger partial charge in [-0.1, -0.05) is 0 Å². The molecule has 0 aliphatic heterocycles. The molecule has 0 saturated heterocycles. The van der Waals surface area contributed by atoms with Gasteiger partial charge in [-0.05, 0) is 32.1 Å². The van der Waals surface area contributed by atoms with Gasteiger partial charge in [0.15, 0.2) is 0 Å². The van der Waals surface area contributed by atoms with Crippen LogP contribution in [0.3, 0.4) is 0 Å². The molecular weight excluding hydrogens is 264 g/mol. The molecule has 0 bridgehead atoms. The number of hydrogen-bond acceptors (Lipinski definition) is 4. The van der Waals surface area contributed by atoms with Crippen LogP contribution in [-0.4, -0.2) is 54.2 Å². The largest absolute Gasteiger partial charge is 0.480 e. The van der Waals surface area contributed by atoms with Crippen molar-refractivity contribution < 1.29 is 24.2 Å². The molecule has 0 unspecified atom stereocenters. The molecular formula is C13H22N2O5. The van der Waals surface area contributed by atoms with Crippen LogP contribution < -0.4 is 5.32 Å². The van der Waals surface area contributed by atoms with Crippen LogP contribution in [0.25, 0.3) is 0 Å². The van der Waals surface area contributed by atoms with Crippen molar-refractivity contribution in [2.24, 2.45) is 5.92 Å². The average molecular weight is 286 g/mol. The van der Waals surface area contributed by atoms with Crippen molar-refractivity contribution in [1.82, 2.24) is 10.2 Å². The Morgan fingerprint density at radius 2 is 2.05 bits per heavy atom. The van der Waals surface area contributed by atoms with E-state index in [1.54, 1.807) is 4.90 Å². The van der Waals surface area contributed by atoms with E-state index in [0.29, 0.717) is 19.0 Å². The number of amides is 2. The predicted molar refractivity (Wildman–Crippen MR) is 71.2 cm³/mol. The van der Waals surface area contributed by atoms with Gasteiger partial charge >= 0.3 is 18.0 Å². The Morgan fingerprint density at radius 1 is 1.40 bits per heavy atom. The number of nitrogens with zero attached hydrogens (tertiary/aromatic N) is 1. The van der Waals surface area contributed by atoms with E-state index in [4.69, 9.17) is 5.11 Å². The van der Waals surface area contributed by atoms with E-state index >= 15 is 0 Å². The molecule has 1 aliphatic rings. The van der Waals surface area contributed by atoms with Crippen molar-refractivity contribution in [2.45, 2.75) is 38.6 Å². The second-order valence-corrected chi connectivity index (χ2v) is 4.94. The molecule has 1 aliphatic carbocycles. The number of carbonyl (C=O) groups excluding carboxylic acids is 2. The molecule has 0 aromatic heterocycles. The molecule has 0 aromatic rings. The Labute approximate surface area is 118 Å². The lowest BCUT2D eigenvalue weighted by molar-refractivity contribution is -0.142. The van der Waals surface area contributed by atoms with E-state index < -0.39 is 24.0 Å². The van der Waals surface area contributed by atoms with Crippen molar-refractivity contribution in [3.05, 3.63) is 0 Å². The second kappa shape index (κ2) is 7.72. The number of methoxy groups -OCH3 is 1. The minimum Gasteiger partial charge on any atom is -0.480 e. The monoisotopic (exact) mass is 286 g/mol. The van der Waals surface area contributed by atoms with Crippen LogP contribution in [0, 0.1) is 5.92 Å². The van der Waals surface area contributed by atoms with E-state index in [-0.39, 0.29) is 12.8 Å². The number of urea groups is 1. The van der Waals surface area contributed by atoms with Crippen LogP contribution in [0.15, 0.2) is 0 Å². The molecule has 1 saturated carbocycles. The topological polar surface area (TPSA) is 95.9 Å². The molecule has 2 N–H and O–H groups in total. The number of hydrogen-bond donors (Lipinski definition) is 2. The predicted octanol–water partition coefficient (Wildman–Crippen LogP) is 0.834. The molecule has 114 valence electrons. The zero-order chi connectivity index (χ0) is 15.1. The summed E-state index contributed by atoms with van der Waals surface area (Å²) in [6, 6.07) is -1.47. The molecule has 1 rings (SSSR count). The molecule has 20 heavy (non-hydrogen) atoms. The maximum Gasteiger partial charge on any atom is 0.326 e. The first-order valence-corrected chi connectivity index (χ1v) is 6.83. The van der Waals surface area contributed by atoms with Crippen molar-refractivity contribution in [3.8, 4) is 0 Å². The summed E-state index contributed by atoms with van der Waals surface area (Å²) in [5, 5.41) is 11.5. The first-order valence-electron chi connectivity index (χ1n) is 6.83. The highest BCUT2D eigenvalue weighted by Crippen LogP contribution is 2.29. The Balaban J connectivity index is 2.47. The maximum absolute atomic E-state index is 12.0. The third-order valence-electron chi connectivity index (χ3n) is 3.31. The van der Waals surface area contributed by atoms with Crippen LogP contribution in [0.4, 0.5) is 4.79 Å². The summed E-state index contributed by atoms with van der Waals surface area (Å²) in [4.78, 5) is 35.7. The lowest BCUT2D eigenvalue weighted by Gasteiger charge is -2.23. The standard InChI is InChI=1S/C13H22N2O5/c1-3-15(8-9-4-5-9)13(19)14-10(12(17)18)6-7-11(16)20-2/h9-10H,3-8H2,1-2H3,(H,14,19)(H,17,18)/t10-/m0/s1. The van der Waals surface area contributed by atoms with Gasteiger partial charge in [-0.2, -0.15) is 0 Å². The Hall–Kier alpha value is -1.79. The van der Waals surface area contributed by atoms with Crippen molar-refractivity contribution >= 4 is 18.0 Å². The summed E-state index contributed by atoms with van der Waals surface area (Å²) in [7, 11) is 1.24. The molecule has 1 atom stereocenters. The van der Waals surface area contributed by atoms with Crippen molar-refractivity contribution in [2.75, 3.05) is 20.2 Å². The van der Waals surface area contributed by atoms with Gasteiger partial charge in [0.1, 0.15) is 6.04 Å². The van der Waals surface area contributed by atoms with Crippen molar-refractivity contribution in [1.29, 1.82) is 0 Å². The molecule has 2 amide bonds. The summed E-state index contributed by atoms with van der Waals surface area (Å²) in [5.74, 6) is -1.10. The van der Waals surface area contributed by atoms with Crippen molar-refractivity contribution in [3.63, 3.8) is 0 Å². The van der Waals surface area contributed by atoms with Crippen LogP contribution in [0.1, 0.15) is 32.6 Å². The summed E-state index contributed by atoms with van der Waals surface area (Å²) in [6.45, 7) is 3.05. The number of carbonyl (C=O) groups is 3. The highest BCUT2D eigenvalue weighted by molar-refractivity contribution is 5.83. The molecule has 0 radical (unpaired) electrons. The van der Waals surface area contributed by atoms with E-state index in [1.807, 2.05) is 6.92 Å². The van der Waals surface area contributed by atoms with Crippen LogP contribution >= 0.6 is 0 Å². The minimum absolute atomic E-state index is 0.0225. The highest BCUT2D eigenvalue weighted by atomic mass is 16.5. The van der Waals surface area contributed by atoms with Gasteiger partial charge in [0, 0.05) is 19.5 Å². The molecule has 7 heteroatoms. The molecule has 0 spiro atoms. The van der Waals surface area contributed by atoms with Gasteiger partial charge < -0.3 is 20.1 Å². The fourth-order valence-electron chi connectivity index (χ4n) is 1.83. The first kappa shape index (κ1) is 16.3. The van der Waals surface area contributed by atoms with Gasteiger partial charge in [-0.3, -0.25) is 4.79 Å². The number of carboxylic acids is 1. The third-order valence-corrected chi connectivity index (χ3v) is 3.31. The minimum atomic E-state index is -1.15. The number of nitrogens with one attached hydrogen (secondary N) is 1. The maximum atomic E-state index is 12.0. The first-order chi connectivity index (χ1) is 9.47. The number of ether oxygens (including phenoxy) is 1. The number of rotatable bonds is 8. The SMILES string of the molecule is CCN(CC1CC1)C(=O)N[C@@H](CCC(=O)OC)C(=O)O. The summed E-state index contributed by atoms with van der Waals surface area (Å²) in [6.07, 6.45) is 2.22. The Bertz CT molecular complexity index is 368. The molecule has 1 fully saturated rings. The molecule has 0 aromatic carbocycles. The smallest absolute Gasteiger partial charge is 0.326 e. The summed E-state index contributed by atoms with van der Waals surface area (Å²) >= 11 is 0. The lowest BCUT2D eigenvalue weighted by atomic mass is 10.1. The molecule has 7 nitrogen and oxygen atoms in total. The van der Waals surface area contributed by atoms with Gasteiger partial charge in [-0.25, -0.2) is 9.59 Å². The lowest BCUT2D eigenvalue weighted by Crippen LogP contribution is -2.48. The molecule has 0 heterocycles. The number of carboxylic acid groups (broad SMARTS) is 1. The van der Waals surface area contributed by atoms with Crippen LogP contribution in [0.2, 0.25) is 0 Å². The Morgan fingerprint density at radius 3 is 2.50 bits per heavy atom. The van der Waals surface area contributed by atoms with E-state index in [2.05, 4.69) is 10.1 Å². The normalized spacial score (nSPS) is 15.3. The summed E-state index contributed by atoms with van der Waals surface area (Å²) in [5.41, 5.74) is 0. The van der Waals surface area contributed by atoms with Gasteiger partial charge in [0.25, 0.3) is 0 Å². The van der Waals surface area contributed by atoms with Gasteiger partial charge in [-0.15, -0.1) is 0 Å². The fraction of sp³-hybridized carbons (Fsp3) is 0.769. The fourth-order valence-corrected chi connectivity index (χ4v) is 1.83. The van der Waals surface area contributed by atoms with Gasteiger partial charge in [0.2, 0.25) is 0 Å². The van der Waals surface area contributed by atoms with E-state index in [1.165, 1.54) is 7.11 Å². The zero-order valence-corrected chi connectivity index (χ0v) is 11.9.